The standard InChI is InChI=1S/C20H22N2O3S/c1-25-15-4-5-16-13(10-15)2-3-14-11-17(26-18(14)16)20(24)22-8-6-12(7-9-22)19(21)23/h4-5,10-12H,2-3,6-9H2,1H3,(H2,21,23). The second-order valence-electron chi connectivity index (χ2n) is 6.96. The predicted octanol–water partition coefficient (Wildman–Crippen LogP) is 2.86. The molecule has 6 heteroatoms. The lowest BCUT2D eigenvalue weighted by Crippen LogP contribution is -2.41. The zero-order valence-corrected chi connectivity index (χ0v) is 15.6. The lowest BCUT2D eigenvalue weighted by atomic mass is 9.91. The Morgan fingerprint density at radius 3 is 2.58 bits per heavy atom. The maximum Gasteiger partial charge on any atom is 0.263 e. The molecule has 1 aromatic carbocycles. The van der Waals surface area contributed by atoms with Crippen LogP contribution >= 0.6 is 11.3 Å². The topological polar surface area (TPSA) is 72.6 Å². The minimum absolute atomic E-state index is 0.0717. The highest BCUT2D eigenvalue weighted by atomic mass is 32.1. The van der Waals surface area contributed by atoms with Gasteiger partial charge in [0.15, 0.2) is 0 Å². The van der Waals surface area contributed by atoms with Crippen LogP contribution < -0.4 is 10.5 Å². The van der Waals surface area contributed by atoms with Gasteiger partial charge in [0.05, 0.1) is 12.0 Å². The predicted molar refractivity (Wildman–Crippen MR) is 102 cm³/mol. The number of carbonyl (C=O) groups is 2. The number of primary amides is 1. The minimum atomic E-state index is -0.254. The number of nitrogens with two attached hydrogens (primary N) is 1. The van der Waals surface area contributed by atoms with Crippen molar-refractivity contribution in [3.63, 3.8) is 0 Å². The van der Waals surface area contributed by atoms with Crippen LogP contribution in [0.3, 0.4) is 0 Å². The van der Waals surface area contributed by atoms with Crippen molar-refractivity contribution >= 4 is 23.2 Å². The number of methoxy groups -OCH3 is 1. The van der Waals surface area contributed by atoms with Crippen molar-refractivity contribution in [1.29, 1.82) is 0 Å². The van der Waals surface area contributed by atoms with Crippen molar-refractivity contribution in [1.82, 2.24) is 4.90 Å². The Kier molecular flexibility index (Phi) is 4.44. The zero-order chi connectivity index (χ0) is 18.3. The van der Waals surface area contributed by atoms with Gasteiger partial charge in [0, 0.05) is 23.9 Å². The number of ether oxygens (including phenoxy) is 1. The summed E-state index contributed by atoms with van der Waals surface area (Å²) in [6.07, 6.45) is 3.24. The van der Waals surface area contributed by atoms with Crippen molar-refractivity contribution in [2.75, 3.05) is 20.2 Å². The summed E-state index contributed by atoms with van der Waals surface area (Å²) in [6, 6.07) is 8.21. The summed E-state index contributed by atoms with van der Waals surface area (Å²) in [6.45, 7) is 1.20. The molecule has 2 heterocycles. The van der Waals surface area contributed by atoms with Crippen molar-refractivity contribution in [3.8, 4) is 16.2 Å². The molecule has 2 N–H and O–H groups in total. The molecule has 1 aliphatic carbocycles. The zero-order valence-electron chi connectivity index (χ0n) is 14.8. The van der Waals surface area contributed by atoms with Crippen LogP contribution in [0.15, 0.2) is 24.3 Å². The quantitative estimate of drug-likeness (QED) is 0.903. The van der Waals surface area contributed by atoms with Gasteiger partial charge in [0.1, 0.15) is 5.75 Å². The van der Waals surface area contributed by atoms with Gasteiger partial charge >= 0.3 is 0 Å². The first-order valence-corrected chi connectivity index (χ1v) is 9.77. The molecule has 0 bridgehead atoms. The van der Waals surface area contributed by atoms with E-state index in [-0.39, 0.29) is 17.7 Å². The molecule has 0 spiro atoms. The second-order valence-corrected chi connectivity index (χ2v) is 8.01. The number of carbonyl (C=O) groups excluding carboxylic acids is 2. The molecule has 136 valence electrons. The molecule has 1 fully saturated rings. The van der Waals surface area contributed by atoms with E-state index in [2.05, 4.69) is 18.2 Å². The third-order valence-corrected chi connectivity index (χ3v) is 6.62. The number of aryl methyl sites for hydroxylation is 2. The molecule has 2 aromatic rings. The van der Waals surface area contributed by atoms with Crippen LogP contribution in [0.5, 0.6) is 5.75 Å². The van der Waals surface area contributed by atoms with E-state index in [0.717, 1.165) is 23.5 Å². The summed E-state index contributed by atoms with van der Waals surface area (Å²) in [4.78, 5) is 28.1. The highest BCUT2D eigenvalue weighted by Gasteiger charge is 2.29. The van der Waals surface area contributed by atoms with Crippen LogP contribution in [0, 0.1) is 5.92 Å². The lowest BCUT2D eigenvalue weighted by molar-refractivity contribution is -0.123. The first-order valence-electron chi connectivity index (χ1n) is 8.95. The molecule has 1 aromatic heterocycles. The van der Waals surface area contributed by atoms with Gasteiger partial charge < -0.3 is 15.4 Å². The molecule has 1 saturated heterocycles. The fraction of sp³-hybridized carbons (Fsp3) is 0.400. The number of amides is 2. The van der Waals surface area contributed by atoms with Crippen LogP contribution in [0.2, 0.25) is 0 Å². The largest absolute Gasteiger partial charge is 0.497 e. The van der Waals surface area contributed by atoms with Crippen LogP contribution in [0.25, 0.3) is 10.4 Å². The Morgan fingerprint density at radius 1 is 1.15 bits per heavy atom. The summed E-state index contributed by atoms with van der Waals surface area (Å²) < 4.78 is 5.33. The van der Waals surface area contributed by atoms with Crippen molar-refractivity contribution in [3.05, 3.63) is 40.3 Å². The Morgan fingerprint density at radius 2 is 1.88 bits per heavy atom. The number of hydrogen-bond acceptors (Lipinski definition) is 4. The molecule has 26 heavy (non-hydrogen) atoms. The number of likely N-dealkylation sites (tertiary alicyclic amines) is 1. The van der Waals surface area contributed by atoms with Crippen LogP contribution in [-0.2, 0) is 17.6 Å². The number of rotatable bonds is 3. The van der Waals surface area contributed by atoms with Gasteiger partial charge in [-0.15, -0.1) is 11.3 Å². The van der Waals surface area contributed by atoms with Gasteiger partial charge in [-0.2, -0.15) is 0 Å². The molecule has 5 nitrogen and oxygen atoms in total. The Labute approximate surface area is 156 Å². The first-order chi connectivity index (χ1) is 12.6. The Bertz CT molecular complexity index is 866. The van der Waals surface area contributed by atoms with Gasteiger partial charge in [-0.1, -0.05) is 0 Å². The highest BCUT2D eigenvalue weighted by Crippen LogP contribution is 2.41. The molecule has 2 amide bonds. The molecule has 0 unspecified atom stereocenters. The molecule has 2 aliphatic rings. The molecule has 0 radical (unpaired) electrons. The molecule has 4 rings (SSSR count). The van der Waals surface area contributed by atoms with Gasteiger partial charge in [-0.3, -0.25) is 9.59 Å². The fourth-order valence-electron chi connectivity index (χ4n) is 3.87. The normalized spacial score (nSPS) is 16.7. The highest BCUT2D eigenvalue weighted by molar-refractivity contribution is 7.17. The second kappa shape index (κ2) is 6.76. The van der Waals surface area contributed by atoms with E-state index in [9.17, 15) is 9.59 Å². The van der Waals surface area contributed by atoms with Crippen LogP contribution in [0.1, 0.15) is 33.6 Å². The molecular weight excluding hydrogens is 348 g/mol. The molecule has 0 saturated carbocycles. The Hall–Kier alpha value is -2.34. The van der Waals surface area contributed by atoms with Gasteiger partial charge in [0.2, 0.25) is 5.91 Å². The van der Waals surface area contributed by atoms with E-state index < -0.39 is 0 Å². The number of benzene rings is 1. The number of piperidine rings is 1. The SMILES string of the molecule is COc1ccc2c(c1)CCc1cc(C(=O)N3CCC(C(N)=O)CC3)sc1-2. The third kappa shape index (κ3) is 2.98. The van der Waals surface area contributed by atoms with E-state index in [1.807, 2.05) is 11.0 Å². The summed E-state index contributed by atoms with van der Waals surface area (Å²) in [5.41, 5.74) is 9.12. The van der Waals surface area contributed by atoms with Crippen molar-refractivity contribution in [2.24, 2.45) is 11.7 Å². The summed E-state index contributed by atoms with van der Waals surface area (Å²) in [7, 11) is 1.68. The van der Waals surface area contributed by atoms with Gasteiger partial charge in [-0.25, -0.2) is 0 Å². The smallest absolute Gasteiger partial charge is 0.263 e. The van der Waals surface area contributed by atoms with E-state index in [1.54, 1.807) is 18.4 Å². The molecular formula is C20H22N2O3S. The summed E-state index contributed by atoms with van der Waals surface area (Å²) >= 11 is 1.58. The maximum atomic E-state index is 12.9. The van der Waals surface area contributed by atoms with Gasteiger partial charge in [0.25, 0.3) is 5.91 Å². The average molecular weight is 370 g/mol. The fourth-order valence-corrected chi connectivity index (χ4v) is 5.10. The van der Waals surface area contributed by atoms with Gasteiger partial charge in [-0.05, 0) is 66.6 Å². The monoisotopic (exact) mass is 370 g/mol. The van der Waals surface area contributed by atoms with Crippen molar-refractivity contribution < 1.29 is 14.3 Å². The summed E-state index contributed by atoms with van der Waals surface area (Å²) in [5, 5.41) is 0. The lowest BCUT2D eigenvalue weighted by Gasteiger charge is -2.30. The molecule has 1 aliphatic heterocycles. The molecule has 0 atom stereocenters. The third-order valence-electron chi connectivity index (χ3n) is 5.43. The summed E-state index contributed by atoms with van der Waals surface area (Å²) in [5.74, 6) is 0.591. The maximum absolute atomic E-state index is 12.9. The Balaban J connectivity index is 1.56. The number of thiophene rings is 1. The average Bonchev–Trinajstić information content (AvgIpc) is 3.11. The van der Waals surface area contributed by atoms with E-state index in [0.29, 0.717) is 25.9 Å². The van der Waals surface area contributed by atoms with E-state index in [1.165, 1.54) is 21.6 Å². The number of nitrogens with zero attached hydrogens (tertiary/aromatic N) is 1. The van der Waals surface area contributed by atoms with Crippen LogP contribution in [-0.4, -0.2) is 36.9 Å². The van der Waals surface area contributed by atoms with Crippen molar-refractivity contribution in [2.45, 2.75) is 25.7 Å². The van der Waals surface area contributed by atoms with E-state index in [4.69, 9.17) is 10.5 Å². The number of hydrogen-bond donors (Lipinski definition) is 1. The minimum Gasteiger partial charge on any atom is -0.497 e. The van der Waals surface area contributed by atoms with E-state index >= 15 is 0 Å². The first kappa shape index (κ1) is 17.1. The van der Waals surface area contributed by atoms with Crippen LogP contribution in [0.4, 0.5) is 0 Å². The number of fused-ring (bicyclic) bond motifs is 3.